The molecule has 1 atom stereocenters. The fourth-order valence-corrected chi connectivity index (χ4v) is 1.11. The van der Waals surface area contributed by atoms with Crippen LogP contribution in [0.5, 0.6) is 0 Å². The van der Waals surface area contributed by atoms with Crippen molar-refractivity contribution in [3.8, 4) is 0 Å². The van der Waals surface area contributed by atoms with Crippen molar-refractivity contribution in [1.82, 2.24) is 5.32 Å². The summed E-state index contributed by atoms with van der Waals surface area (Å²) in [5.41, 5.74) is 0.262. The quantitative estimate of drug-likeness (QED) is 0.737. The average Bonchev–Trinajstić information content (AvgIpc) is 1.94. The lowest BCUT2D eigenvalue weighted by molar-refractivity contribution is 0.236. The Morgan fingerprint density at radius 3 is 1.93 bits per heavy atom. The summed E-state index contributed by atoms with van der Waals surface area (Å²) in [4.78, 5) is 0. The van der Waals surface area contributed by atoms with Gasteiger partial charge in [-0.3, -0.25) is 0 Å². The number of halogens is 1. The number of rotatable bonds is 4. The number of nitrogens with one attached hydrogen (secondary N) is 1. The molecule has 0 aliphatic rings. The Morgan fingerprint density at radius 2 is 1.57 bits per heavy atom. The Morgan fingerprint density at radius 1 is 1.07 bits per heavy atom. The summed E-state index contributed by atoms with van der Waals surface area (Å²) in [7, 11) is 0. The van der Waals surface area contributed by atoms with Gasteiger partial charge in [-0.1, -0.05) is 20.8 Å². The lowest BCUT2D eigenvalue weighted by Crippen LogP contribution is -2.39. The van der Waals surface area contributed by atoms with Crippen LogP contribution in [0.15, 0.2) is 0 Å². The van der Waals surface area contributed by atoms with Crippen LogP contribution in [0.2, 0.25) is 0 Å². The SMILES string of the molecule is CC(C)(C)CCC(F)CNC(C)(C)C. The van der Waals surface area contributed by atoms with Gasteiger partial charge in [-0.2, -0.15) is 0 Å². The van der Waals surface area contributed by atoms with Crippen LogP contribution in [0.4, 0.5) is 4.39 Å². The highest BCUT2D eigenvalue weighted by atomic mass is 19.1. The van der Waals surface area contributed by atoms with Crippen LogP contribution in [0, 0.1) is 5.41 Å². The molecule has 1 nitrogen and oxygen atoms in total. The third-order valence-corrected chi connectivity index (χ3v) is 2.06. The highest BCUT2D eigenvalue weighted by Crippen LogP contribution is 2.22. The van der Waals surface area contributed by atoms with Gasteiger partial charge in [-0.25, -0.2) is 4.39 Å². The van der Waals surface area contributed by atoms with Crippen LogP contribution in [-0.4, -0.2) is 18.3 Å². The molecule has 14 heavy (non-hydrogen) atoms. The normalized spacial score (nSPS) is 15.6. The topological polar surface area (TPSA) is 12.0 Å². The van der Waals surface area contributed by atoms with Gasteiger partial charge in [0.05, 0.1) is 0 Å². The number of alkyl halides is 1. The molecule has 0 rings (SSSR count). The fraction of sp³-hybridized carbons (Fsp3) is 1.00. The Kier molecular flexibility index (Phi) is 5.07. The van der Waals surface area contributed by atoms with Crippen molar-refractivity contribution in [3.63, 3.8) is 0 Å². The minimum Gasteiger partial charge on any atom is -0.309 e. The molecule has 0 bridgehead atoms. The maximum Gasteiger partial charge on any atom is 0.113 e. The molecule has 0 saturated heterocycles. The van der Waals surface area contributed by atoms with Gasteiger partial charge in [-0.05, 0) is 39.0 Å². The van der Waals surface area contributed by atoms with E-state index in [9.17, 15) is 4.39 Å². The monoisotopic (exact) mass is 203 g/mol. The summed E-state index contributed by atoms with van der Waals surface area (Å²) in [5, 5.41) is 3.18. The Balaban J connectivity index is 3.62. The number of hydrogen-bond acceptors (Lipinski definition) is 1. The van der Waals surface area contributed by atoms with Crippen LogP contribution in [0.25, 0.3) is 0 Å². The van der Waals surface area contributed by atoms with Crippen LogP contribution in [-0.2, 0) is 0 Å². The molecular weight excluding hydrogens is 177 g/mol. The summed E-state index contributed by atoms with van der Waals surface area (Å²) in [6.45, 7) is 13.1. The van der Waals surface area contributed by atoms with E-state index in [0.29, 0.717) is 13.0 Å². The molecule has 0 aliphatic carbocycles. The van der Waals surface area contributed by atoms with E-state index >= 15 is 0 Å². The fourth-order valence-electron chi connectivity index (χ4n) is 1.11. The molecule has 0 aliphatic heterocycles. The molecule has 0 aromatic carbocycles. The van der Waals surface area contributed by atoms with E-state index in [1.807, 2.05) is 0 Å². The summed E-state index contributed by atoms with van der Waals surface area (Å²) in [5.74, 6) is 0. The highest BCUT2D eigenvalue weighted by Gasteiger charge is 2.16. The van der Waals surface area contributed by atoms with Gasteiger partial charge in [0, 0.05) is 12.1 Å². The first-order valence-electron chi connectivity index (χ1n) is 5.49. The van der Waals surface area contributed by atoms with Crippen LogP contribution in [0.1, 0.15) is 54.4 Å². The second kappa shape index (κ2) is 5.11. The van der Waals surface area contributed by atoms with Crippen molar-refractivity contribution in [1.29, 1.82) is 0 Å². The predicted molar refractivity (Wildman–Crippen MR) is 61.3 cm³/mol. The molecule has 86 valence electrons. The maximum absolute atomic E-state index is 13.4. The molecule has 0 aromatic heterocycles. The molecular formula is C12H26FN. The lowest BCUT2D eigenvalue weighted by Gasteiger charge is -2.24. The van der Waals surface area contributed by atoms with E-state index in [-0.39, 0.29) is 11.0 Å². The van der Waals surface area contributed by atoms with Crippen molar-refractivity contribution in [2.24, 2.45) is 5.41 Å². The van der Waals surface area contributed by atoms with Gasteiger partial charge < -0.3 is 5.32 Å². The van der Waals surface area contributed by atoms with E-state index in [2.05, 4.69) is 46.9 Å². The van der Waals surface area contributed by atoms with E-state index in [1.165, 1.54) is 0 Å². The van der Waals surface area contributed by atoms with Crippen molar-refractivity contribution in [2.75, 3.05) is 6.54 Å². The molecule has 1 unspecified atom stereocenters. The third-order valence-electron chi connectivity index (χ3n) is 2.06. The van der Waals surface area contributed by atoms with E-state index < -0.39 is 6.17 Å². The minimum absolute atomic E-state index is 0.0199. The van der Waals surface area contributed by atoms with E-state index in [1.54, 1.807) is 0 Å². The standard InChI is InChI=1S/C12H26FN/c1-11(2,3)8-7-10(13)9-14-12(4,5)6/h10,14H,7-9H2,1-6H3. The Hall–Kier alpha value is -0.110. The van der Waals surface area contributed by atoms with Crippen LogP contribution >= 0.6 is 0 Å². The van der Waals surface area contributed by atoms with Crippen molar-refractivity contribution in [3.05, 3.63) is 0 Å². The van der Waals surface area contributed by atoms with Crippen molar-refractivity contribution < 1.29 is 4.39 Å². The lowest BCUT2D eigenvalue weighted by atomic mass is 9.89. The van der Waals surface area contributed by atoms with Gasteiger partial charge in [0.25, 0.3) is 0 Å². The molecule has 0 aromatic rings. The average molecular weight is 203 g/mol. The first kappa shape index (κ1) is 13.9. The van der Waals surface area contributed by atoms with Gasteiger partial charge in [0.15, 0.2) is 0 Å². The predicted octanol–water partition coefficient (Wildman–Crippen LogP) is 3.54. The third kappa shape index (κ3) is 9.97. The smallest absolute Gasteiger partial charge is 0.113 e. The first-order chi connectivity index (χ1) is 6.10. The van der Waals surface area contributed by atoms with E-state index in [4.69, 9.17) is 0 Å². The first-order valence-corrected chi connectivity index (χ1v) is 5.49. The van der Waals surface area contributed by atoms with E-state index in [0.717, 1.165) is 6.42 Å². The molecule has 0 amide bonds. The highest BCUT2D eigenvalue weighted by molar-refractivity contribution is 4.74. The maximum atomic E-state index is 13.4. The van der Waals surface area contributed by atoms with Gasteiger partial charge in [-0.15, -0.1) is 0 Å². The molecule has 1 N–H and O–H groups in total. The molecule has 0 saturated carbocycles. The largest absolute Gasteiger partial charge is 0.309 e. The van der Waals surface area contributed by atoms with Gasteiger partial charge >= 0.3 is 0 Å². The van der Waals surface area contributed by atoms with Crippen LogP contribution < -0.4 is 5.32 Å². The summed E-state index contributed by atoms with van der Waals surface area (Å²) in [6, 6.07) is 0. The molecule has 0 radical (unpaired) electrons. The minimum atomic E-state index is -0.714. The zero-order valence-electron chi connectivity index (χ0n) is 10.6. The van der Waals surface area contributed by atoms with Crippen molar-refractivity contribution in [2.45, 2.75) is 66.1 Å². The second-order valence-corrected chi connectivity index (χ2v) is 6.33. The Labute approximate surface area is 88.5 Å². The molecule has 0 heterocycles. The van der Waals surface area contributed by atoms with Gasteiger partial charge in [0.1, 0.15) is 6.17 Å². The zero-order valence-corrected chi connectivity index (χ0v) is 10.6. The molecule has 0 spiro atoms. The Bertz CT molecular complexity index is 135. The summed E-state index contributed by atoms with van der Waals surface area (Å²) in [6.07, 6.45) is 0.889. The summed E-state index contributed by atoms with van der Waals surface area (Å²) < 4.78 is 13.4. The number of hydrogen-bond donors (Lipinski definition) is 1. The molecule has 0 fully saturated rings. The molecule has 2 heteroatoms. The van der Waals surface area contributed by atoms with Crippen molar-refractivity contribution >= 4 is 0 Å². The summed E-state index contributed by atoms with van der Waals surface area (Å²) >= 11 is 0. The van der Waals surface area contributed by atoms with Gasteiger partial charge in [0.2, 0.25) is 0 Å². The zero-order chi connectivity index (χ0) is 11.4. The van der Waals surface area contributed by atoms with Crippen LogP contribution in [0.3, 0.4) is 0 Å². The second-order valence-electron chi connectivity index (χ2n) is 6.33.